The molecule has 5 N–H and O–H groups in total. The summed E-state index contributed by atoms with van der Waals surface area (Å²) >= 11 is 0. The van der Waals surface area contributed by atoms with E-state index in [0.29, 0.717) is 19.4 Å². The molecule has 0 aliphatic carbocycles. The van der Waals surface area contributed by atoms with E-state index in [1.165, 1.54) is 0 Å². The van der Waals surface area contributed by atoms with Gasteiger partial charge in [-0.25, -0.2) is 0 Å². The maximum atomic E-state index is 10.2. The minimum absolute atomic E-state index is 0.391. The molecular formula is C6H14N2O3. The summed E-state index contributed by atoms with van der Waals surface area (Å²) in [6.45, 7) is 0.407. The summed E-state index contributed by atoms with van der Waals surface area (Å²) in [5.41, 5.74) is 5.15. The molecule has 2 atom stereocenters. The second kappa shape index (κ2) is 6.23. The van der Waals surface area contributed by atoms with Gasteiger partial charge in [0.2, 0.25) is 0 Å². The van der Waals surface area contributed by atoms with Crippen LogP contribution in [0, 0.1) is 0 Å². The van der Waals surface area contributed by atoms with Gasteiger partial charge in [-0.05, 0) is 0 Å². The van der Waals surface area contributed by atoms with E-state index in [4.69, 9.17) is 15.9 Å². The first-order valence-corrected chi connectivity index (χ1v) is 3.44. The number of hydrogen-bond acceptors (Lipinski definition) is 5. The lowest BCUT2D eigenvalue weighted by molar-refractivity contribution is -0.112. The molecule has 2 unspecified atom stereocenters. The highest BCUT2D eigenvalue weighted by Crippen LogP contribution is 1.87. The first kappa shape index (κ1) is 10.5. The predicted molar refractivity (Wildman–Crippen MR) is 40.0 cm³/mol. The lowest BCUT2D eigenvalue weighted by Gasteiger charge is -2.15. The molecular weight excluding hydrogens is 148 g/mol. The summed E-state index contributed by atoms with van der Waals surface area (Å²) in [6, 6.07) is -0.719. The van der Waals surface area contributed by atoms with E-state index in [2.05, 4.69) is 5.32 Å². The highest BCUT2D eigenvalue weighted by atomic mass is 16.3. The van der Waals surface area contributed by atoms with Gasteiger partial charge in [0.25, 0.3) is 0 Å². The van der Waals surface area contributed by atoms with Crippen LogP contribution >= 0.6 is 0 Å². The van der Waals surface area contributed by atoms with Crippen LogP contribution in [-0.4, -0.2) is 48.3 Å². The second-order valence-corrected chi connectivity index (χ2v) is 2.15. The Kier molecular flexibility index (Phi) is 5.96. The average Bonchev–Trinajstić information content (AvgIpc) is 2.05. The van der Waals surface area contributed by atoms with Crippen LogP contribution in [0.1, 0.15) is 0 Å². The Morgan fingerprint density at radius 3 is 2.64 bits per heavy atom. The SMILES string of the molecule is NCCNC(C=O)C(O)CO. The molecule has 0 spiro atoms. The predicted octanol–water partition coefficient (Wildman–Crippen LogP) is -2.54. The maximum absolute atomic E-state index is 10.2. The molecule has 0 aromatic carbocycles. The Labute approximate surface area is 65.2 Å². The second-order valence-electron chi connectivity index (χ2n) is 2.15. The van der Waals surface area contributed by atoms with Crippen molar-refractivity contribution >= 4 is 6.29 Å². The van der Waals surface area contributed by atoms with Crippen LogP contribution < -0.4 is 11.1 Å². The number of aliphatic hydroxyl groups is 2. The van der Waals surface area contributed by atoms with Crippen molar-refractivity contribution in [3.63, 3.8) is 0 Å². The number of rotatable bonds is 6. The molecule has 0 aliphatic rings. The third-order valence-electron chi connectivity index (χ3n) is 1.27. The molecule has 0 saturated heterocycles. The Bertz CT molecular complexity index is 110. The van der Waals surface area contributed by atoms with E-state index in [9.17, 15) is 4.79 Å². The Morgan fingerprint density at radius 2 is 2.27 bits per heavy atom. The summed E-state index contributed by atoms with van der Waals surface area (Å²) in [6.07, 6.45) is -0.490. The van der Waals surface area contributed by atoms with E-state index in [0.717, 1.165) is 0 Å². The molecule has 0 aromatic heterocycles. The third-order valence-corrected chi connectivity index (χ3v) is 1.27. The molecule has 0 amide bonds. The fourth-order valence-electron chi connectivity index (χ4n) is 0.638. The van der Waals surface area contributed by atoms with Crippen molar-refractivity contribution in [1.29, 1.82) is 0 Å². The fourth-order valence-corrected chi connectivity index (χ4v) is 0.638. The van der Waals surface area contributed by atoms with Gasteiger partial charge in [-0.1, -0.05) is 0 Å². The zero-order valence-electron chi connectivity index (χ0n) is 6.23. The van der Waals surface area contributed by atoms with Crippen molar-refractivity contribution in [2.24, 2.45) is 5.73 Å². The van der Waals surface area contributed by atoms with Crippen molar-refractivity contribution in [1.82, 2.24) is 5.32 Å². The van der Waals surface area contributed by atoms with Gasteiger partial charge in [0.15, 0.2) is 0 Å². The summed E-state index contributed by atoms with van der Waals surface area (Å²) in [5, 5.41) is 20.1. The first-order valence-electron chi connectivity index (χ1n) is 3.44. The molecule has 5 nitrogen and oxygen atoms in total. The van der Waals surface area contributed by atoms with Crippen molar-refractivity contribution in [2.45, 2.75) is 12.1 Å². The van der Waals surface area contributed by atoms with Gasteiger partial charge in [0.05, 0.1) is 18.8 Å². The summed E-state index contributed by atoms with van der Waals surface area (Å²) in [4.78, 5) is 10.2. The van der Waals surface area contributed by atoms with Crippen LogP contribution in [-0.2, 0) is 4.79 Å². The Morgan fingerprint density at radius 1 is 1.64 bits per heavy atom. The standard InChI is InChI=1S/C6H14N2O3/c7-1-2-8-5(3-9)6(11)4-10/h3,5-6,8,10-11H,1-2,4,7H2. The molecule has 0 saturated carbocycles. The largest absolute Gasteiger partial charge is 0.394 e. The molecule has 0 aromatic rings. The molecule has 11 heavy (non-hydrogen) atoms. The molecule has 0 radical (unpaired) electrons. The number of aldehydes is 1. The summed E-state index contributed by atoms with van der Waals surface area (Å²) in [5.74, 6) is 0. The molecule has 0 fully saturated rings. The number of hydrogen-bond donors (Lipinski definition) is 4. The number of nitrogens with one attached hydrogen (secondary N) is 1. The van der Waals surface area contributed by atoms with Crippen LogP contribution in [0.4, 0.5) is 0 Å². The molecule has 0 bridgehead atoms. The van der Waals surface area contributed by atoms with Gasteiger partial charge in [-0.3, -0.25) is 0 Å². The topological polar surface area (TPSA) is 95.6 Å². The van der Waals surface area contributed by atoms with Crippen molar-refractivity contribution in [3.05, 3.63) is 0 Å². The number of carbonyl (C=O) groups is 1. The molecule has 0 rings (SSSR count). The minimum Gasteiger partial charge on any atom is -0.394 e. The van der Waals surface area contributed by atoms with Gasteiger partial charge in [0, 0.05) is 13.1 Å². The summed E-state index contributed by atoms with van der Waals surface area (Å²) < 4.78 is 0. The third kappa shape index (κ3) is 4.05. The van der Waals surface area contributed by atoms with E-state index >= 15 is 0 Å². The van der Waals surface area contributed by atoms with Crippen molar-refractivity contribution < 1.29 is 15.0 Å². The zero-order valence-corrected chi connectivity index (χ0v) is 6.23. The number of nitrogens with two attached hydrogens (primary N) is 1. The van der Waals surface area contributed by atoms with E-state index in [1.54, 1.807) is 0 Å². The summed E-state index contributed by atoms with van der Waals surface area (Å²) in [7, 11) is 0. The quantitative estimate of drug-likeness (QED) is 0.323. The molecule has 0 aliphatic heterocycles. The number of carbonyl (C=O) groups excluding carboxylic acids is 1. The van der Waals surface area contributed by atoms with Crippen LogP contribution in [0.15, 0.2) is 0 Å². The monoisotopic (exact) mass is 162 g/mol. The van der Waals surface area contributed by atoms with Crippen molar-refractivity contribution in [2.75, 3.05) is 19.7 Å². The molecule has 0 heterocycles. The fraction of sp³-hybridized carbons (Fsp3) is 0.833. The molecule has 66 valence electrons. The Hall–Kier alpha value is -0.490. The molecule has 5 heteroatoms. The lowest BCUT2D eigenvalue weighted by atomic mass is 10.2. The van der Waals surface area contributed by atoms with Gasteiger partial charge >= 0.3 is 0 Å². The van der Waals surface area contributed by atoms with Crippen LogP contribution in [0.3, 0.4) is 0 Å². The van der Waals surface area contributed by atoms with Crippen LogP contribution in [0.25, 0.3) is 0 Å². The van der Waals surface area contributed by atoms with E-state index in [-0.39, 0.29) is 0 Å². The van der Waals surface area contributed by atoms with Gasteiger partial charge in [0.1, 0.15) is 6.29 Å². The van der Waals surface area contributed by atoms with E-state index < -0.39 is 18.8 Å². The van der Waals surface area contributed by atoms with E-state index in [1.807, 2.05) is 0 Å². The van der Waals surface area contributed by atoms with Crippen LogP contribution in [0.2, 0.25) is 0 Å². The average molecular weight is 162 g/mol. The minimum atomic E-state index is -1.04. The first-order chi connectivity index (χ1) is 5.26. The van der Waals surface area contributed by atoms with Gasteiger partial charge in [-0.2, -0.15) is 0 Å². The normalized spacial score (nSPS) is 15.9. The lowest BCUT2D eigenvalue weighted by Crippen LogP contribution is -2.44. The number of aliphatic hydroxyl groups excluding tert-OH is 2. The van der Waals surface area contributed by atoms with Crippen LogP contribution in [0.5, 0.6) is 0 Å². The van der Waals surface area contributed by atoms with Gasteiger partial charge in [-0.15, -0.1) is 0 Å². The maximum Gasteiger partial charge on any atom is 0.139 e. The highest BCUT2D eigenvalue weighted by Gasteiger charge is 2.15. The van der Waals surface area contributed by atoms with Gasteiger partial charge < -0.3 is 26.1 Å². The highest BCUT2D eigenvalue weighted by molar-refractivity contribution is 5.58. The van der Waals surface area contributed by atoms with Crippen molar-refractivity contribution in [3.8, 4) is 0 Å². The zero-order chi connectivity index (χ0) is 8.69. The Balaban J connectivity index is 3.65. The smallest absolute Gasteiger partial charge is 0.139 e.